The fourth-order valence-electron chi connectivity index (χ4n) is 0.558. The maximum atomic E-state index is 5.05. The molecule has 1 heterocycles. The van der Waals surface area contributed by atoms with E-state index in [0.717, 1.165) is 6.42 Å². The molecule has 7 heavy (non-hydrogen) atoms. The first-order valence-corrected chi connectivity index (χ1v) is 2.39. The van der Waals surface area contributed by atoms with Crippen molar-refractivity contribution in [3.05, 3.63) is 19.3 Å². The average molecular weight is 97.1 g/mol. The minimum Gasteiger partial charge on any atom is -0.456 e. The molecule has 0 aliphatic carbocycles. The highest BCUT2D eigenvalue weighted by Gasteiger charge is 2.27. The summed E-state index contributed by atoms with van der Waals surface area (Å²) in [4.78, 5) is 0. The van der Waals surface area contributed by atoms with E-state index in [2.05, 4.69) is 6.92 Å². The number of hydrogen-bond donors (Lipinski definition) is 0. The normalized spacial score (nSPS) is 38.4. The van der Waals surface area contributed by atoms with Gasteiger partial charge in [-0.1, -0.05) is 0 Å². The lowest BCUT2D eigenvalue weighted by molar-refractivity contribution is 0.109. The van der Waals surface area contributed by atoms with Gasteiger partial charge >= 0.3 is 0 Å². The Balaban J connectivity index is 2.49. The van der Waals surface area contributed by atoms with Gasteiger partial charge in [-0.25, -0.2) is 0 Å². The van der Waals surface area contributed by atoms with Crippen molar-refractivity contribution >= 4 is 0 Å². The standard InChI is InChI=1S/C6H9O/c1-6(2)4-3-5-7-6/h3,5H,1,4H2,2H3/q+1. The van der Waals surface area contributed by atoms with Crippen molar-refractivity contribution in [3.63, 3.8) is 0 Å². The van der Waals surface area contributed by atoms with Gasteiger partial charge in [-0.3, -0.25) is 0 Å². The Morgan fingerprint density at radius 2 is 2.57 bits per heavy atom. The lowest BCUT2D eigenvalue weighted by atomic mass is 10.1. The Morgan fingerprint density at radius 3 is 2.71 bits per heavy atom. The fourth-order valence-corrected chi connectivity index (χ4v) is 0.558. The predicted octanol–water partition coefficient (Wildman–Crippen LogP) is 1.51. The molecule has 0 bridgehead atoms. The van der Waals surface area contributed by atoms with Crippen LogP contribution in [0.25, 0.3) is 0 Å². The van der Waals surface area contributed by atoms with E-state index in [1.807, 2.05) is 13.0 Å². The smallest absolute Gasteiger partial charge is 0.242 e. The van der Waals surface area contributed by atoms with Gasteiger partial charge in [-0.05, 0) is 6.08 Å². The molecule has 0 saturated carbocycles. The molecule has 1 atom stereocenters. The molecule has 1 rings (SSSR count). The SMILES string of the molecule is [CH2+]C1(C)CC=CO1. The van der Waals surface area contributed by atoms with Crippen LogP contribution in [0.3, 0.4) is 0 Å². The van der Waals surface area contributed by atoms with Crippen LogP contribution in [0.2, 0.25) is 0 Å². The van der Waals surface area contributed by atoms with Gasteiger partial charge in [0.25, 0.3) is 0 Å². The Kier molecular flexibility index (Phi) is 0.775. The quantitative estimate of drug-likeness (QED) is 0.416. The molecule has 1 heteroatoms. The number of rotatable bonds is 0. The van der Waals surface area contributed by atoms with Crippen molar-refractivity contribution in [2.45, 2.75) is 18.9 Å². The molecular formula is C6H9O+. The lowest BCUT2D eigenvalue weighted by Crippen LogP contribution is -2.16. The molecule has 1 unspecified atom stereocenters. The predicted molar refractivity (Wildman–Crippen MR) is 28.6 cm³/mol. The summed E-state index contributed by atoms with van der Waals surface area (Å²) >= 11 is 0. The van der Waals surface area contributed by atoms with Crippen molar-refractivity contribution in [2.24, 2.45) is 0 Å². The van der Waals surface area contributed by atoms with Gasteiger partial charge in [0.1, 0.15) is 6.92 Å². The molecule has 0 fully saturated rings. The second-order valence-electron chi connectivity index (χ2n) is 2.14. The van der Waals surface area contributed by atoms with Gasteiger partial charge in [0, 0.05) is 6.92 Å². The molecule has 0 aromatic rings. The first-order chi connectivity index (χ1) is 3.21. The van der Waals surface area contributed by atoms with E-state index < -0.39 is 0 Å². The highest BCUT2D eigenvalue weighted by atomic mass is 16.5. The summed E-state index contributed by atoms with van der Waals surface area (Å²) in [6.45, 7) is 5.75. The van der Waals surface area contributed by atoms with Crippen molar-refractivity contribution in [1.29, 1.82) is 0 Å². The molecule has 1 aliphatic rings. The monoisotopic (exact) mass is 97.1 g/mol. The van der Waals surface area contributed by atoms with Crippen molar-refractivity contribution in [3.8, 4) is 0 Å². The summed E-state index contributed by atoms with van der Waals surface area (Å²) in [6, 6.07) is 0. The van der Waals surface area contributed by atoms with Crippen molar-refractivity contribution < 1.29 is 4.74 Å². The van der Waals surface area contributed by atoms with Crippen molar-refractivity contribution in [1.82, 2.24) is 0 Å². The van der Waals surface area contributed by atoms with Crippen LogP contribution in [0.1, 0.15) is 13.3 Å². The zero-order valence-electron chi connectivity index (χ0n) is 4.48. The Hall–Kier alpha value is -0.590. The van der Waals surface area contributed by atoms with Crippen LogP contribution in [0.15, 0.2) is 12.3 Å². The molecule has 38 valence electrons. The minimum atomic E-state index is -0.167. The Morgan fingerprint density at radius 1 is 1.86 bits per heavy atom. The summed E-state index contributed by atoms with van der Waals surface area (Å²) < 4.78 is 5.05. The van der Waals surface area contributed by atoms with Gasteiger partial charge < -0.3 is 4.74 Å². The summed E-state index contributed by atoms with van der Waals surface area (Å²) in [5.74, 6) is 0. The summed E-state index contributed by atoms with van der Waals surface area (Å²) in [5.41, 5.74) is -0.167. The summed E-state index contributed by atoms with van der Waals surface area (Å²) in [6.07, 6.45) is 4.62. The van der Waals surface area contributed by atoms with Gasteiger partial charge in [0.15, 0.2) is 0 Å². The first kappa shape index (κ1) is 4.57. The zero-order chi connectivity index (χ0) is 5.33. The number of hydrogen-bond acceptors (Lipinski definition) is 1. The van der Waals surface area contributed by atoms with Crippen LogP contribution >= 0.6 is 0 Å². The third-order valence-corrected chi connectivity index (χ3v) is 0.998. The van der Waals surface area contributed by atoms with Gasteiger partial charge in [0.2, 0.25) is 5.60 Å². The van der Waals surface area contributed by atoms with Gasteiger partial charge in [-0.15, -0.1) is 0 Å². The van der Waals surface area contributed by atoms with Gasteiger partial charge in [-0.2, -0.15) is 0 Å². The van der Waals surface area contributed by atoms with E-state index in [4.69, 9.17) is 4.74 Å². The van der Waals surface area contributed by atoms with E-state index in [1.54, 1.807) is 6.26 Å². The molecule has 0 aromatic heterocycles. The van der Waals surface area contributed by atoms with E-state index in [1.165, 1.54) is 0 Å². The zero-order valence-corrected chi connectivity index (χ0v) is 4.48. The highest BCUT2D eigenvalue weighted by molar-refractivity contribution is 4.96. The van der Waals surface area contributed by atoms with E-state index in [0.29, 0.717) is 0 Å². The van der Waals surface area contributed by atoms with Crippen LogP contribution in [0, 0.1) is 6.92 Å². The van der Waals surface area contributed by atoms with E-state index in [-0.39, 0.29) is 5.60 Å². The molecule has 0 saturated heterocycles. The Bertz CT molecular complexity index is 82.4. The van der Waals surface area contributed by atoms with Crippen LogP contribution in [-0.4, -0.2) is 5.60 Å². The maximum Gasteiger partial charge on any atom is 0.242 e. The van der Waals surface area contributed by atoms with Crippen LogP contribution in [0.5, 0.6) is 0 Å². The van der Waals surface area contributed by atoms with Crippen LogP contribution < -0.4 is 0 Å². The third kappa shape index (κ3) is 0.889. The van der Waals surface area contributed by atoms with E-state index in [9.17, 15) is 0 Å². The molecule has 0 amide bonds. The number of ether oxygens (including phenoxy) is 1. The second-order valence-corrected chi connectivity index (χ2v) is 2.14. The molecule has 0 aromatic carbocycles. The van der Waals surface area contributed by atoms with Gasteiger partial charge in [0.05, 0.1) is 12.7 Å². The van der Waals surface area contributed by atoms with Crippen LogP contribution in [0.4, 0.5) is 0 Å². The lowest BCUT2D eigenvalue weighted by Gasteiger charge is -2.07. The maximum absolute atomic E-state index is 5.05. The minimum absolute atomic E-state index is 0.167. The molecular weight excluding hydrogens is 88.1 g/mol. The second kappa shape index (κ2) is 1.19. The van der Waals surface area contributed by atoms with E-state index >= 15 is 0 Å². The highest BCUT2D eigenvalue weighted by Crippen LogP contribution is 2.19. The molecule has 0 spiro atoms. The molecule has 0 N–H and O–H groups in total. The topological polar surface area (TPSA) is 9.23 Å². The molecule has 1 aliphatic heterocycles. The summed E-state index contributed by atoms with van der Waals surface area (Å²) in [5, 5.41) is 0. The van der Waals surface area contributed by atoms with Crippen LogP contribution in [-0.2, 0) is 4.74 Å². The molecule has 1 nitrogen and oxygen atoms in total. The molecule has 0 radical (unpaired) electrons. The first-order valence-electron chi connectivity index (χ1n) is 2.39. The fraction of sp³-hybridized carbons (Fsp3) is 0.500. The largest absolute Gasteiger partial charge is 0.456 e. The average Bonchev–Trinajstić information content (AvgIpc) is 1.84. The third-order valence-electron chi connectivity index (χ3n) is 0.998. The summed E-state index contributed by atoms with van der Waals surface area (Å²) in [7, 11) is 0. The van der Waals surface area contributed by atoms with Crippen molar-refractivity contribution in [2.75, 3.05) is 0 Å². The Labute approximate surface area is 44.0 Å².